The SMILES string of the molecule is C[C@@H]1CNC[C@H](C)N1.N. The number of nitrogens with one attached hydrogen (secondary N) is 2. The van der Waals surface area contributed by atoms with Gasteiger partial charge in [0.05, 0.1) is 0 Å². The standard InChI is InChI=1S/C6H14N2.H3N/c1-5-3-7-4-6(2)8-5;/h5-8H,3-4H2,1-2H3;1H3/t5-,6+;. The van der Waals surface area contributed by atoms with E-state index in [0.29, 0.717) is 12.1 Å². The van der Waals surface area contributed by atoms with E-state index in [1.807, 2.05) is 0 Å². The van der Waals surface area contributed by atoms with Gasteiger partial charge < -0.3 is 16.8 Å². The van der Waals surface area contributed by atoms with Crippen molar-refractivity contribution in [2.45, 2.75) is 25.9 Å². The van der Waals surface area contributed by atoms with E-state index >= 15 is 0 Å². The first-order valence-electron chi connectivity index (χ1n) is 3.26. The highest BCUT2D eigenvalue weighted by Crippen LogP contribution is 1.90. The van der Waals surface area contributed by atoms with Gasteiger partial charge in [0, 0.05) is 25.2 Å². The summed E-state index contributed by atoms with van der Waals surface area (Å²) in [6.07, 6.45) is 0. The van der Waals surface area contributed by atoms with E-state index in [4.69, 9.17) is 0 Å². The second kappa shape index (κ2) is 3.82. The number of piperazine rings is 1. The van der Waals surface area contributed by atoms with Gasteiger partial charge in [-0.2, -0.15) is 0 Å². The molecule has 0 radical (unpaired) electrons. The van der Waals surface area contributed by atoms with Crippen LogP contribution in [-0.4, -0.2) is 25.2 Å². The van der Waals surface area contributed by atoms with Crippen LogP contribution in [-0.2, 0) is 0 Å². The smallest absolute Gasteiger partial charge is 0.0167 e. The van der Waals surface area contributed by atoms with Crippen LogP contribution in [0.2, 0.25) is 0 Å². The molecule has 0 unspecified atom stereocenters. The van der Waals surface area contributed by atoms with E-state index < -0.39 is 0 Å². The molecule has 0 aromatic rings. The van der Waals surface area contributed by atoms with E-state index in [-0.39, 0.29) is 6.15 Å². The molecular weight excluding hydrogens is 114 g/mol. The van der Waals surface area contributed by atoms with Crippen LogP contribution in [0.25, 0.3) is 0 Å². The fraction of sp³-hybridized carbons (Fsp3) is 1.00. The summed E-state index contributed by atoms with van der Waals surface area (Å²) in [5.41, 5.74) is 0. The molecule has 0 amide bonds. The first-order chi connectivity index (χ1) is 3.79. The van der Waals surface area contributed by atoms with Gasteiger partial charge in [-0.25, -0.2) is 0 Å². The van der Waals surface area contributed by atoms with Gasteiger partial charge in [0.1, 0.15) is 0 Å². The van der Waals surface area contributed by atoms with Crippen molar-refractivity contribution in [1.29, 1.82) is 0 Å². The maximum Gasteiger partial charge on any atom is 0.0167 e. The van der Waals surface area contributed by atoms with Crippen molar-refractivity contribution >= 4 is 0 Å². The van der Waals surface area contributed by atoms with Crippen molar-refractivity contribution in [1.82, 2.24) is 16.8 Å². The highest BCUT2D eigenvalue weighted by molar-refractivity contribution is 4.76. The minimum Gasteiger partial charge on any atom is -0.344 e. The zero-order valence-electron chi connectivity index (χ0n) is 6.28. The summed E-state index contributed by atoms with van der Waals surface area (Å²) in [5, 5.41) is 6.74. The molecule has 0 spiro atoms. The van der Waals surface area contributed by atoms with Gasteiger partial charge >= 0.3 is 0 Å². The molecule has 0 aromatic carbocycles. The highest BCUT2D eigenvalue weighted by atomic mass is 15.1. The highest BCUT2D eigenvalue weighted by Gasteiger charge is 2.11. The number of rotatable bonds is 0. The van der Waals surface area contributed by atoms with Crippen molar-refractivity contribution in [3.63, 3.8) is 0 Å². The van der Waals surface area contributed by atoms with Crippen LogP contribution >= 0.6 is 0 Å². The van der Waals surface area contributed by atoms with Crippen LogP contribution in [0.3, 0.4) is 0 Å². The normalized spacial score (nSPS) is 35.3. The molecule has 0 saturated carbocycles. The lowest BCUT2D eigenvalue weighted by molar-refractivity contribution is 0.370. The van der Waals surface area contributed by atoms with E-state index in [0.717, 1.165) is 13.1 Å². The summed E-state index contributed by atoms with van der Waals surface area (Å²) in [6.45, 7) is 6.62. The number of hydrogen-bond donors (Lipinski definition) is 3. The lowest BCUT2D eigenvalue weighted by Crippen LogP contribution is -2.52. The molecule has 1 saturated heterocycles. The third-order valence-corrected chi connectivity index (χ3v) is 1.47. The molecule has 0 aliphatic carbocycles. The molecule has 5 N–H and O–H groups in total. The lowest BCUT2D eigenvalue weighted by Gasteiger charge is -2.26. The first kappa shape index (κ1) is 8.88. The van der Waals surface area contributed by atoms with Crippen molar-refractivity contribution in [2.24, 2.45) is 0 Å². The second-order valence-corrected chi connectivity index (χ2v) is 2.63. The molecule has 56 valence electrons. The van der Waals surface area contributed by atoms with E-state index in [9.17, 15) is 0 Å². The van der Waals surface area contributed by atoms with Gasteiger partial charge in [-0.3, -0.25) is 0 Å². The molecule has 1 rings (SSSR count). The van der Waals surface area contributed by atoms with Crippen LogP contribution in [0.1, 0.15) is 13.8 Å². The predicted molar refractivity (Wildman–Crippen MR) is 40.0 cm³/mol. The first-order valence-corrected chi connectivity index (χ1v) is 3.26. The van der Waals surface area contributed by atoms with Gasteiger partial charge in [0.2, 0.25) is 0 Å². The van der Waals surface area contributed by atoms with Gasteiger partial charge in [0.15, 0.2) is 0 Å². The monoisotopic (exact) mass is 131 g/mol. The zero-order chi connectivity index (χ0) is 5.98. The minimum atomic E-state index is 0. The Balaban J connectivity index is 0.000000640. The third kappa shape index (κ3) is 2.79. The summed E-state index contributed by atoms with van der Waals surface area (Å²) in [7, 11) is 0. The molecule has 9 heavy (non-hydrogen) atoms. The topological polar surface area (TPSA) is 59.1 Å². The molecule has 0 bridgehead atoms. The van der Waals surface area contributed by atoms with Crippen molar-refractivity contribution in [2.75, 3.05) is 13.1 Å². The Morgan fingerprint density at radius 1 is 1.11 bits per heavy atom. The van der Waals surface area contributed by atoms with Crippen LogP contribution < -0.4 is 16.8 Å². The average Bonchev–Trinajstić information content (AvgIpc) is 1.64. The summed E-state index contributed by atoms with van der Waals surface area (Å²) in [5.74, 6) is 0. The Morgan fingerprint density at radius 2 is 1.56 bits per heavy atom. The quantitative estimate of drug-likeness (QED) is 0.437. The average molecular weight is 131 g/mol. The lowest BCUT2D eigenvalue weighted by atomic mass is 10.2. The summed E-state index contributed by atoms with van der Waals surface area (Å²) >= 11 is 0. The van der Waals surface area contributed by atoms with Gasteiger partial charge in [-0.05, 0) is 13.8 Å². The van der Waals surface area contributed by atoms with Gasteiger partial charge in [-0.15, -0.1) is 0 Å². The molecule has 2 atom stereocenters. The molecule has 3 heteroatoms. The van der Waals surface area contributed by atoms with Crippen LogP contribution in [0.4, 0.5) is 0 Å². The molecule has 1 aliphatic heterocycles. The van der Waals surface area contributed by atoms with Crippen LogP contribution in [0, 0.1) is 0 Å². The Labute approximate surface area is 56.8 Å². The molecule has 1 heterocycles. The summed E-state index contributed by atoms with van der Waals surface area (Å²) in [4.78, 5) is 0. The van der Waals surface area contributed by atoms with Crippen molar-refractivity contribution < 1.29 is 0 Å². The fourth-order valence-corrected chi connectivity index (χ4v) is 1.12. The van der Waals surface area contributed by atoms with E-state index in [1.165, 1.54) is 0 Å². The van der Waals surface area contributed by atoms with Crippen LogP contribution in [0.15, 0.2) is 0 Å². The van der Waals surface area contributed by atoms with E-state index in [2.05, 4.69) is 24.5 Å². The van der Waals surface area contributed by atoms with Crippen molar-refractivity contribution in [3.05, 3.63) is 0 Å². The maximum atomic E-state index is 3.42. The summed E-state index contributed by atoms with van der Waals surface area (Å²) in [6, 6.07) is 1.30. The molecule has 1 fully saturated rings. The largest absolute Gasteiger partial charge is 0.344 e. The van der Waals surface area contributed by atoms with E-state index in [1.54, 1.807) is 0 Å². The van der Waals surface area contributed by atoms with Crippen molar-refractivity contribution in [3.8, 4) is 0 Å². The molecule has 0 aromatic heterocycles. The molecule has 1 aliphatic rings. The fourth-order valence-electron chi connectivity index (χ4n) is 1.12. The summed E-state index contributed by atoms with van der Waals surface area (Å²) < 4.78 is 0. The maximum absolute atomic E-state index is 3.42. The Hall–Kier alpha value is -0.120. The van der Waals surface area contributed by atoms with Crippen LogP contribution in [0.5, 0.6) is 0 Å². The Kier molecular flexibility index (Phi) is 3.77. The number of hydrogen-bond acceptors (Lipinski definition) is 3. The predicted octanol–water partition coefficient (Wildman–Crippen LogP) is 0.118. The van der Waals surface area contributed by atoms with Gasteiger partial charge in [-0.1, -0.05) is 0 Å². The third-order valence-electron chi connectivity index (χ3n) is 1.47. The van der Waals surface area contributed by atoms with Gasteiger partial charge in [0.25, 0.3) is 0 Å². The Morgan fingerprint density at radius 3 is 1.78 bits per heavy atom. The molecule has 3 nitrogen and oxygen atoms in total. The minimum absolute atomic E-state index is 0. The molecular formula is C6H17N3. The Bertz CT molecular complexity index is 66.7. The zero-order valence-corrected chi connectivity index (χ0v) is 6.28. The second-order valence-electron chi connectivity index (χ2n) is 2.63.